The lowest BCUT2D eigenvalue weighted by Crippen LogP contribution is -2.50. The number of anilines is 1. The lowest BCUT2D eigenvalue weighted by Gasteiger charge is -2.34. The van der Waals surface area contributed by atoms with E-state index >= 15 is 0 Å². The van der Waals surface area contributed by atoms with Gasteiger partial charge in [0.05, 0.1) is 18.2 Å². The van der Waals surface area contributed by atoms with Crippen LogP contribution < -0.4 is 15.6 Å². The van der Waals surface area contributed by atoms with Gasteiger partial charge in [-0.25, -0.2) is 23.5 Å². The molecule has 15 heteroatoms. The van der Waals surface area contributed by atoms with Gasteiger partial charge < -0.3 is 15.3 Å². The van der Waals surface area contributed by atoms with Crippen molar-refractivity contribution in [2.45, 2.75) is 32.0 Å². The number of pyridine rings is 3. The number of β-amino-alcohol motifs (C(OH)–C–C–N with tert-alkyl or cyclic N) is 1. The Morgan fingerprint density at radius 3 is 2.59 bits per heavy atom. The SMILES string of the molecule is CCC(NC(=O)c1cn(-c2ncc(F)cc2F)c2nc(N3CCCN(CCO)C3=O)ccc2c1=O)C(F)(F)F. The van der Waals surface area contributed by atoms with E-state index in [1.165, 1.54) is 28.9 Å². The molecule has 0 saturated carbocycles. The summed E-state index contributed by atoms with van der Waals surface area (Å²) in [4.78, 5) is 49.6. The Morgan fingerprint density at radius 1 is 1.21 bits per heavy atom. The number of amides is 3. The number of aliphatic hydroxyl groups excluding tert-OH is 1. The predicted molar refractivity (Wildman–Crippen MR) is 129 cm³/mol. The summed E-state index contributed by atoms with van der Waals surface area (Å²) in [5.41, 5.74) is -2.03. The summed E-state index contributed by atoms with van der Waals surface area (Å²) >= 11 is 0. The summed E-state index contributed by atoms with van der Waals surface area (Å²) in [6.07, 6.45) is -3.31. The van der Waals surface area contributed by atoms with Gasteiger partial charge in [-0.2, -0.15) is 13.2 Å². The number of aliphatic hydroxyl groups is 1. The van der Waals surface area contributed by atoms with Crippen LogP contribution in [0, 0.1) is 11.6 Å². The van der Waals surface area contributed by atoms with Crippen LogP contribution in [0.5, 0.6) is 0 Å². The van der Waals surface area contributed by atoms with Gasteiger partial charge in [0.2, 0.25) is 5.43 Å². The number of nitrogens with one attached hydrogen (secondary N) is 1. The van der Waals surface area contributed by atoms with Crippen molar-refractivity contribution in [1.29, 1.82) is 0 Å². The smallest absolute Gasteiger partial charge is 0.395 e. The Morgan fingerprint density at radius 2 is 1.95 bits per heavy atom. The minimum Gasteiger partial charge on any atom is -0.395 e. The van der Waals surface area contributed by atoms with E-state index in [-0.39, 0.29) is 36.5 Å². The van der Waals surface area contributed by atoms with Crippen LogP contribution >= 0.6 is 0 Å². The highest BCUT2D eigenvalue weighted by atomic mass is 19.4. The molecule has 1 saturated heterocycles. The first-order valence-corrected chi connectivity index (χ1v) is 11.9. The molecule has 3 aromatic heterocycles. The molecule has 1 fully saturated rings. The van der Waals surface area contributed by atoms with E-state index < -0.39 is 59.0 Å². The van der Waals surface area contributed by atoms with E-state index in [1.807, 2.05) is 0 Å². The molecule has 0 bridgehead atoms. The topological polar surface area (TPSA) is 121 Å². The van der Waals surface area contributed by atoms with Crippen LogP contribution in [0.25, 0.3) is 16.9 Å². The number of hydrogen-bond acceptors (Lipinski definition) is 6. The Hall–Kier alpha value is -4.14. The highest BCUT2D eigenvalue weighted by Gasteiger charge is 2.40. The number of alkyl halides is 3. The monoisotopic (exact) mass is 554 g/mol. The van der Waals surface area contributed by atoms with Crippen LogP contribution in [0.4, 0.5) is 32.6 Å². The summed E-state index contributed by atoms with van der Waals surface area (Å²) in [5.74, 6) is -4.13. The maximum atomic E-state index is 14.8. The second-order valence-electron chi connectivity index (χ2n) is 8.72. The molecule has 208 valence electrons. The lowest BCUT2D eigenvalue weighted by molar-refractivity contribution is -0.153. The molecule has 0 radical (unpaired) electrons. The lowest BCUT2D eigenvalue weighted by atomic mass is 10.1. The quantitative estimate of drug-likeness (QED) is 0.434. The maximum absolute atomic E-state index is 14.8. The molecule has 10 nitrogen and oxygen atoms in total. The maximum Gasteiger partial charge on any atom is 0.408 e. The van der Waals surface area contributed by atoms with Gasteiger partial charge >= 0.3 is 12.2 Å². The van der Waals surface area contributed by atoms with E-state index in [0.29, 0.717) is 25.2 Å². The van der Waals surface area contributed by atoms with Crippen LogP contribution in [0.3, 0.4) is 0 Å². The number of urea groups is 1. The molecule has 0 aromatic carbocycles. The van der Waals surface area contributed by atoms with Crippen molar-refractivity contribution >= 4 is 28.8 Å². The van der Waals surface area contributed by atoms with Crippen LogP contribution in [0.15, 0.2) is 35.4 Å². The predicted octanol–water partition coefficient (Wildman–Crippen LogP) is 2.75. The zero-order valence-electron chi connectivity index (χ0n) is 20.5. The molecule has 3 amide bonds. The summed E-state index contributed by atoms with van der Waals surface area (Å²) < 4.78 is 69.0. The number of aromatic nitrogens is 3. The Bertz CT molecular complexity index is 1480. The van der Waals surface area contributed by atoms with Crippen molar-refractivity contribution in [2.24, 2.45) is 0 Å². The van der Waals surface area contributed by atoms with Crippen molar-refractivity contribution in [3.63, 3.8) is 0 Å². The standard InChI is InChI=1S/C24H23F5N6O4/c1-2-17(24(27,28)29)31-22(38)15-12-35(21-16(26)10-13(25)11-30-21)20-14(19(15)37)4-5-18(32-20)34-7-3-6-33(8-9-36)23(34)39/h4-5,10-12,17,36H,2-3,6-9H2,1H3,(H,31,38). The molecule has 0 spiro atoms. The van der Waals surface area contributed by atoms with Crippen LogP contribution in [-0.2, 0) is 0 Å². The molecule has 39 heavy (non-hydrogen) atoms. The highest BCUT2D eigenvalue weighted by molar-refractivity contribution is 5.98. The van der Waals surface area contributed by atoms with Gasteiger partial charge in [0.25, 0.3) is 5.91 Å². The van der Waals surface area contributed by atoms with E-state index in [0.717, 1.165) is 10.8 Å². The molecule has 2 N–H and O–H groups in total. The van der Waals surface area contributed by atoms with Crippen molar-refractivity contribution in [2.75, 3.05) is 31.1 Å². The Kier molecular flexibility index (Phi) is 7.81. The van der Waals surface area contributed by atoms with E-state index in [4.69, 9.17) is 0 Å². The summed E-state index contributed by atoms with van der Waals surface area (Å²) in [7, 11) is 0. The first kappa shape index (κ1) is 27.9. The Labute approximate surface area is 217 Å². The summed E-state index contributed by atoms with van der Waals surface area (Å²) in [5, 5.41) is 10.7. The van der Waals surface area contributed by atoms with Gasteiger partial charge in [-0.15, -0.1) is 0 Å². The highest BCUT2D eigenvalue weighted by Crippen LogP contribution is 2.25. The molecule has 4 heterocycles. The zero-order chi connectivity index (χ0) is 28.5. The molecule has 3 aromatic rings. The second-order valence-corrected chi connectivity index (χ2v) is 8.72. The first-order chi connectivity index (χ1) is 18.5. The molecule has 4 rings (SSSR count). The van der Waals surface area contributed by atoms with Crippen LogP contribution in [-0.4, -0.2) is 74.9 Å². The third-order valence-electron chi connectivity index (χ3n) is 6.16. The summed E-state index contributed by atoms with van der Waals surface area (Å²) in [6.45, 7) is 1.65. The number of hydrogen-bond donors (Lipinski definition) is 2. The first-order valence-electron chi connectivity index (χ1n) is 11.9. The molecule has 0 aliphatic carbocycles. The van der Waals surface area contributed by atoms with Crippen molar-refractivity contribution in [3.8, 4) is 5.82 Å². The van der Waals surface area contributed by atoms with Crippen LogP contribution in [0.1, 0.15) is 30.1 Å². The minimum absolute atomic E-state index is 0.0473. The van der Waals surface area contributed by atoms with Crippen molar-refractivity contribution < 1.29 is 36.6 Å². The normalized spacial score (nSPS) is 15.1. The number of carbonyl (C=O) groups excluding carboxylic acids is 2. The molecule has 1 unspecified atom stereocenters. The van der Waals surface area contributed by atoms with Crippen LogP contribution in [0.2, 0.25) is 0 Å². The number of carbonyl (C=O) groups is 2. The van der Waals surface area contributed by atoms with Crippen molar-refractivity contribution in [3.05, 3.63) is 58.0 Å². The fourth-order valence-electron chi connectivity index (χ4n) is 4.23. The fraction of sp³-hybridized carbons (Fsp3) is 0.375. The van der Waals surface area contributed by atoms with Gasteiger partial charge in [-0.05, 0) is 25.0 Å². The van der Waals surface area contributed by atoms with E-state index in [1.54, 1.807) is 5.32 Å². The van der Waals surface area contributed by atoms with Gasteiger partial charge in [-0.3, -0.25) is 19.1 Å². The average Bonchev–Trinajstić information content (AvgIpc) is 2.88. The van der Waals surface area contributed by atoms with Gasteiger partial charge in [-0.1, -0.05) is 6.92 Å². The Balaban J connectivity index is 1.89. The van der Waals surface area contributed by atoms with Gasteiger partial charge in [0, 0.05) is 31.9 Å². The summed E-state index contributed by atoms with van der Waals surface area (Å²) in [6, 6.07) is 0.272. The number of nitrogens with zero attached hydrogens (tertiary/aromatic N) is 5. The third-order valence-corrected chi connectivity index (χ3v) is 6.16. The molecule has 1 aliphatic heterocycles. The fourth-order valence-corrected chi connectivity index (χ4v) is 4.23. The zero-order valence-corrected chi connectivity index (χ0v) is 20.5. The number of fused-ring (bicyclic) bond motifs is 1. The van der Waals surface area contributed by atoms with Gasteiger partial charge in [0.1, 0.15) is 23.2 Å². The van der Waals surface area contributed by atoms with E-state index in [9.17, 15) is 41.4 Å². The largest absolute Gasteiger partial charge is 0.408 e. The van der Waals surface area contributed by atoms with E-state index in [2.05, 4.69) is 9.97 Å². The molecular weight excluding hydrogens is 531 g/mol. The number of halogens is 5. The van der Waals surface area contributed by atoms with Gasteiger partial charge in [0.15, 0.2) is 17.3 Å². The molecular formula is C24H23F5N6O4. The second kappa shape index (κ2) is 10.9. The third kappa shape index (κ3) is 5.53. The molecule has 1 aliphatic rings. The number of rotatable bonds is 7. The average molecular weight is 554 g/mol. The minimum atomic E-state index is -4.79. The molecule has 1 atom stereocenters. The van der Waals surface area contributed by atoms with Crippen molar-refractivity contribution in [1.82, 2.24) is 24.8 Å².